The quantitative estimate of drug-likeness (QED) is 0.711. The highest BCUT2D eigenvalue weighted by Gasteiger charge is 2.49. The first kappa shape index (κ1) is 19.4. The minimum atomic E-state index is -0.753. The molecule has 0 radical (unpaired) electrons. The molecule has 1 aliphatic rings. The van der Waals surface area contributed by atoms with E-state index in [0.717, 1.165) is 24.0 Å². The van der Waals surface area contributed by atoms with Gasteiger partial charge in [-0.25, -0.2) is 4.98 Å². The Balaban J connectivity index is 1.89. The van der Waals surface area contributed by atoms with Crippen molar-refractivity contribution in [2.45, 2.75) is 38.3 Å². The van der Waals surface area contributed by atoms with Crippen molar-refractivity contribution in [3.63, 3.8) is 0 Å². The number of aromatic nitrogens is 2. The molecule has 1 aromatic heterocycles. The number of aryl methyl sites for hydroxylation is 2. The molecule has 1 saturated heterocycles. The van der Waals surface area contributed by atoms with Gasteiger partial charge in [-0.2, -0.15) is 0 Å². The molecule has 29 heavy (non-hydrogen) atoms. The maximum atomic E-state index is 13.3. The van der Waals surface area contributed by atoms with E-state index in [1.807, 2.05) is 4.90 Å². The predicted molar refractivity (Wildman–Crippen MR) is 113 cm³/mol. The summed E-state index contributed by atoms with van der Waals surface area (Å²) in [5.41, 5.74) is 3.71. The second-order valence-corrected chi connectivity index (χ2v) is 7.77. The van der Waals surface area contributed by atoms with E-state index in [2.05, 4.69) is 72.3 Å². The number of aromatic amines is 1. The zero-order valence-electron chi connectivity index (χ0n) is 17.2. The van der Waals surface area contributed by atoms with Crippen LogP contribution in [-0.2, 0) is 10.3 Å². The molecule has 150 valence electrons. The molecular weight excluding hydrogens is 362 g/mol. The second kappa shape index (κ2) is 7.84. The summed E-state index contributed by atoms with van der Waals surface area (Å²) < 4.78 is 6.38. The lowest BCUT2D eigenvalue weighted by Crippen LogP contribution is -2.51. The van der Waals surface area contributed by atoms with Crippen LogP contribution in [0.2, 0.25) is 0 Å². The van der Waals surface area contributed by atoms with Crippen molar-refractivity contribution in [2.75, 3.05) is 13.7 Å². The number of likely N-dealkylation sites (tertiary alicyclic amines) is 1. The number of imidazole rings is 1. The molecule has 1 atom stereocenters. The highest BCUT2D eigenvalue weighted by molar-refractivity contribution is 5.91. The summed E-state index contributed by atoms with van der Waals surface area (Å²) in [6.45, 7) is 4.86. The molecule has 4 rings (SSSR count). The van der Waals surface area contributed by atoms with Gasteiger partial charge < -0.3 is 14.6 Å². The smallest absolute Gasteiger partial charge is 0.290 e. The summed E-state index contributed by atoms with van der Waals surface area (Å²) in [5.74, 6) is 0.287. The Morgan fingerprint density at radius 3 is 2.31 bits per heavy atom. The van der Waals surface area contributed by atoms with Crippen molar-refractivity contribution in [1.29, 1.82) is 0 Å². The Morgan fingerprint density at radius 1 is 1.14 bits per heavy atom. The number of ether oxygens (including phenoxy) is 1. The third-order valence-corrected chi connectivity index (χ3v) is 5.90. The summed E-state index contributed by atoms with van der Waals surface area (Å²) in [6, 6.07) is 16.7. The van der Waals surface area contributed by atoms with Gasteiger partial charge in [-0.1, -0.05) is 59.7 Å². The number of carbonyl (C=O) groups is 1. The lowest BCUT2D eigenvalue weighted by molar-refractivity contribution is -0.0364. The Hall–Kier alpha value is -2.92. The fourth-order valence-electron chi connectivity index (χ4n) is 4.63. The fourth-order valence-corrected chi connectivity index (χ4v) is 4.63. The molecule has 1 aliphatic heterocycles. The number of amides is 1. The summed E-state index contributed by atoms with van der Waals surface area (Å²) in [6.07, 6.45) is 5.09. The lowest BCUT2D eigenvalue weighted by atomic mass is 9.77. The van der Waals surface area contributed by atoms with Gasteiger partial charge in [0, 0.05) is 26.0 Å². The first-order valence-electron chi connectivity index (χ1n) is 10.1. The number of benzene rings is 2. The first-order chi connectivity index (χ1) is 14.1. The molecule has 2 heterocycles. The first-order valence-corrected chi connectivity index (χ1v) is 10.1. The summed E-state index contributed by atoms with van der Waals surface area (Å²) in [7, 11) is 1.75. The monoisotopic (exact) mass is 389 g/mol. The van der Waals surface area contributed by atoms with Gasteiger partial charge in [0.25, 0.3) is 5.91 Å². The van der Waals surface area contributed by atoms with Crippen LogP contribution >= 0.6 is 0 Å². The number of rotatable bonds is 5. The summed E-state index contributed by atoms with van der Waals surface area (Å²) in [4.78, 5) is 22.3. The van der Waals surface area contributed by atoms with Gasteiger partial charge in [0.05, 0.1) is 6.04 Å². The number of hydrogen-bond acceptors (Lipinski definition) is 3. The molecule has 0 saturated carbocycles. The summed E-state index contributed by atoms with van der Waals surface area (Å²) in [5, 5.41) is 0. The van der Waals surface area contributed by atoms with Crippen LogP contribution in [0.15, 0.2) is 60.9 Å². The minimum absolute atomic E-state index is 0.0840. The zero-order valence-corrected chi connectivity index (χ0v) is 17.2. The van der Waals surface area contributed by atoms with Crippen molar-refractivity contribution in [3.8, 4) is 0 Å². The Labute approximate surface area is 171 Å². The van der Waals surface area contributed by atoms with Crippen LogP contribution in [0.4, 0.5) is 0 Å². The number of carbonyl (C=O) groups excluding carboxylic acids is 1. The van der Waals surface area contributed by atoms with Gasteiger partial charge in [-0.15, -0.1) is 0 Å². The molecular formula is C24H27N3O2. The Kier molecular flexibility index (Phi) is 5.24. The van der Waals surface area contributed by atoms with E-state index in [1.54, 1.807) is 19.5 Å². The number of nitrogens with zero attached hydrogens (tertiary/aromatic N) is 2. The number of nitrogens with one attached hydrogen (secondary N) is 1. The van der Waals surface area contributed by atoms with E-state index in [1.165, 1.54) is 11.1 Å². The van der Waals surface area contributed by atoms with E-state index < -0.39 is 5.60 Å². The lowest BCUT2D eigenvalue weighted by Gasteiger charge is -2.43. The van der Waals surface area contributed by atoms with E-state index in [0.29, 0.717) is 12.4 Å². The van der Waals surface area contributed by atoms with Crippen molar-refractivity contribution >= 4 is 5.91 Å². The van der Waals surface area contributed by atoms with Crippen LogP contribution in [0.3, 0.4) is 0 Å². The predicted octanol–water partition coefficient (Wildman–Crippen LogP) is 4.22. The molecule has 5 heteroatoms. The maximum absolute atomic E-state index is 13.3. The molecule has 0 unspecified atom stereocenters. The van der Waals surface area contributed by atoms with Crippen molar-refractivity contribution in [2.24, 2.45) is 0 Å². The maximum Gasteiger partial charge on any atom is 0.290 e. The van der Waals surface area contributed by atoms with Crippen molar-refractivity contribution in [3.05, 3.63) is 89.0 Å². The molecule has 0 bridgehead atoms. The van der Waals surface area contributed by atoms with Gasteiger partial charge in [0.2, 0.25) is 0 Å². The molecule has 1 amide bonds. The van der Waals surface area contributed by atoms with Gasteiger partial charge >= 0.3 is 0 Å². The topological polar surface area (TPSA) is 58.2 Å². The molecule has 1 fully saturated rings. The van der Waals surface area contributed by atoms with Crippen molar-refractivity contribution in [1.82, 2.24) is 14.9 Å². The van der Waals surface area contributed by atoms with Gasteiger partial charge in [-0.3, -0.25) is 4.79 Å². The number of hydrogen-bond donors (Lipinski definition) is 1. The fraction of sp³-hybridized carbons (Fsp3) is 0.333. The molecule has 2 aromatic carbocycles. The van der Waals surface area contributed by atoms with Gasteiger partial charge in [0.15, 0.2) is 5.82 Å². The van der Waals surface area contributed by atoms with E-state index in [4.69, 9.17) is 4.74 Å². The molecule has 1 N–H and O–H groups in total. The Bertz CT molecular complexity index is 951. The molecule has 0 aliphatic carbocycles. The van der Waals surface area contributed by atoms with Crippen LogP contribution < -0.4 is 0 Å². The average molecular weight is 389 g/mol. The van der Waals surface area contributed by atoms with Gasteiger partial charge in [-0.05, 0) is 37.8 Å². The third-order valence-electron chi connectivity index (χ3n) is 5.90. The van der Waals surface area contributed by atoms with E-state index in [-0.39, 0.29) is 11.9 Å². The highest BCUT2D eigenvalue weighted by atomic mass is 16.5. The van der Waals surface area contributed by atoms with E-state index in [9.17, 15) is 4.79 Å². The minimum Gasteiger partial charge on any atom is -0.367 e. The average Bonchev–Trinajstić information content (AvgIpc) is 3.42. The van der Waals surface area contributed by atoms with Crippen molar-refractivity contribution < 1.29 is 9.53 Å². The Morgan fingerprint density at radius 2 is 1.79 bits per heavy atom. The molecule has 5 nitrogen and oxygen atoms in total. The SMILES string of the molecule is COC(c1cccc(C)c1)(c1cccc(C)c1)[C@@H]1CCCN1C(=O)c1ncc[nH]1. The standard InChI is InChI=1S/C24H27N3O2/c1-17-7-4-9-19(15-17)24(29-3,20-10-5-8-18(2)16-20)21-11-6-14-27(21)23(28)22-25-12-13-26-22/h4-5,7-10,12-13,15-16,21H,6,11,14H2,1-3H3,(H,25,26)/t21-/m0/s1. The number of methoxy groups -OCH3 is 1. The largest absolute Gasteiger partial charge is 0.367 e. The van der Waals surface area contributed by atoms with Crippen LogP contribution in [-0.4, -0.2) is 40.5 Å². The van der Waals surface area contributed by atoms with Crippen LogP contribution in [0.25, 0.3) is 0 Å². The highest BCUT2D eigenvalue weighted by Crippen LogP contribution is 2.43. The van der Waals surface area contributed by atoms with E-state index >= 15 is 0 Å². The van der Waals surface area contributed by atoms with Crippen LogP contribution in [0.1, 0.15) is 45.7 Å². The normalized spacial score (nSPS) is 16.9. The number of H-pyrrole nitrogens is 1. The second-order valence-electron chi connectivity index (χ2n) is 7.77. The molecule has 3 aromatic rings. The molecule has 0 spiro atoms. The van der Waals surface area contributed by atoms with Crippen LogP contribution in [0.5, 0.6) is 0 Å². The third kappa shape index (κ3) is 3.36. The zero-order chi connectivity index (χ0) is 20.4. The van der Waals surface area contributed by atoms with Gasteiger partial charge in [0.1, 0.15) is 5.60 Å². The van der Waals surface area contributed by atoms with Crippen LogP contribution in [0, 0.1) is 13.8 Å². The summed E-state index contributed by atoms with van der Waals surface area (Å²) >= 11 is 0.